The molecule has 6 atom stereocenters. The molecule has 2 aliphatic carbocycles. The average molecular weight is 851 g/mol. The van der Waals surface area contributed by atoms with E-state index in [1.165, 1.54) is 53.5 Å². The standard InChI is InChI=1S/C52H62N6O5/c1-63-43-15-10-34(11-16-43)44-17-12-37-29-42(59)14-19-45(37)50(44)36-8-6-35(7-9-36)48-30-53-22-23-57(48)32-39-5-3-2-4-38(39)31-55-24-26-56(27-25-55)41-13-18-46-40(28-41)33-58(52(46)62)47-20-21-49(60)54-51(47)61/h6-11,13-16,18-19,28-29,33,38-39,44,47-48,50,53,59,62H,2-5,12,17,20-27,30-32H2,1H3,(H,54,60,61)/t38-,39-,44-,47?,48-,50-/m0/s1. The topological polar surface area (TPSA) is 123 Å². The van der Waals surface area contributed by atoms with E-state index in [2.05, 4.69) is 92.1 Å². The molecule has 1 saturated carbocycles. The number of nitrogens with zero attached hydrogens (tertiary/aromatic N) is 4. The lowest BCUT2D eigenvalue weighted by atomic mass is 9.69. The molecule has 3 aliphatic heterocycles. The Morgan fingerprint density at radius 1 is 0.730 bits per heavy atom. The number of hydrogen-bond acceptors (Lipinski definition) is 9. The molecule has 1 unspecified atom stereocenters. The van der Waals surface area contributed by atoms with Crippen molar-refractivity contribution in [3.05, 3.63) is 119 Å². The van der Waals surface area contributed by atoms with Gasteiger partial charge in [0.15, 0.2) is 5.88 Å². The van der Waals surface area contributed by atoms with E-state index in [0.29, 0.717) is 36.0 Å². The SMILES string of the molecule is COc1ccc([C@@H]2CCc3cc(O)ccc3[C@H]2c2ccc([C@@H]3CNCCN3C[C@@H]3CCCC[C@H]3CN3CCN(c4ccc5c(O)n(C6CCC(=O)NC6=O)cc5c4)CC3)cc2)cc1. The van der Waals surface area contributed by atoms with Crippen molar-refractivity contribution in [2.45, 2.75) is 75.3 Å². The molecule has 4 aromatic carbocycles. The fraction of sp³-hybridized carbons (Fsp3) is 0.462. The number of carbonyl (C=O) groups is 2. The maximum absolute atomic E-state index is 12.6. The van der Waals surface area contributed by atoms with Gasteiger partial charge in [0.25, 0.3) is 0 Å². The largest absolute Gasteiger partial charge is 0.508 e. The minimum atomic E-state index is -0.585. The minimum Gasteiger partial charge on any atom is -0.508 e. The molecule has 63 heavy (non-hydrogen) atoms. The summed E-state index contributed by atoms with van der Waals surface area (Å²) < 4.78 is 7.12. The first-order valence-electron chi connectivity index (χ1n) is 23.4. The van der Waals surface area contributed by atoms with Crippen LogP contribution in [0.4, 0.5) is 5.69 Å². The summed E-state index contributed by atoms with van der Waals surface area (Å²) in [6.07, 6.45) is 9.73. The maximum atomic E-state index is 12.6. The van der Waals surface area contributed by atoms with Gasteiger partial charge in [-0.25, -0.2) is 0 Å². The van der Waals surface area contributed by atoms with Gasteiger partial charge >= 0.3 is 0 Å². The number of carbonyl (C=O) groups excluding carboxylic acids is 2. The van der Waals surface area contributed by atoms with E-state index in [4.69, 9.17) is 4.74 Å². The third-order valence-electron chi connectivity index (χ3n) is 15.3. The molecule has 4 N–H and O–H groups in total. The summed E-state index contributed by atoms with van der Waals surface area (Å²) in [7, 11) is 1.72. The summed E-state index contributed by atoms with van der Waals surface area (Å²) in [5, 5.41) is 29.2. The molecule has 4 heterocycles. The second-order valence-corrected chi connectivity index (χ2v) is 18.9. The number of piperidine rings is 1. The number of piperazine rings is 2. The van der Waals surface area contributed by atoms with Crippen molar-refractivity contribution in [1.82, 2.24) is 25.0 Å². The second-order valence-electron chi connectivity index (χ2n) is 18.9. The molecule has 2 amide bonds. The Labute approximate surface area is 371 Å². The van der Waals surface area contributed by atoms with Gasteiger partial charge in [-0.1, -0.05) is 55.3 Å². The Kier molecular flexibility index (Phi) is 11.9. The number of phenolic OH excluding ortho intramolecular Hbond substituents is 1. The van der Waals surface area contributed by atoms with Crippen LogP contribution in [0.1, 0.15) is 96.7 Å². The zero-order valence-electron chi connectivity index (χ0n) is 36.6. The number of imide groups is 1. The van der Waals surface area contributed by atoms with Crippen molar-refractivity contribution in [3.63, 3.8) is 0 Å². The highest BCUT2D eigenvalue weighted by Gasteiger charge is 2.36. The van der Waals surface area contributed by atoms with Crippen LogP contribution in [-0.4, -0.2) is 102 Å². The van der Waals surface area contributed by atoms with Crippen LogP contribution < -0.4 is 20.3 Å². The van der Waals surface area contributed by atoms with Crippen molar-refractivity contribution in [2.75, 3.05) is 70.9 Å². The molecule has 5 aliphatic rings. The van der Waals surface area contributed by atoms with Gasteiger partial charge in [0.05, 0.1) is 7.11 Å². The Hall–Kier alpha value is -5.36. The van der Waals surface area contributed by atoms with Crippen LogP contribution in [0, 0.1) is 11.8 Å². The summed E-state index contributed by atoms with van der Waals surface area (Å²) in [5.74, 6) is 2.59. The van der Waals surface area contributed by atoms with Gasteiger partial charge in [-0.15, -0.1) is 0 Å². The first-order chi connectivity index (χ1) is 30.8. The predicted molar refractivity (Wildman–Crippen MR) is 247 cm³/mol. The molecule has 5 aromatic rings. The number of hydrogen-bond donors (Lipinski definition) is 4. The van der Waals surface area contributed by atoms with Gasteiger partial charge < -0.3 is 29.7 Å². The predicted octanol–water partition coefficient (Wildman–Crippen LogP) is 7.48. The highest BCUT2D eigenvalue weighted by molar-refractivity contribution is 6.00. The number of fused-ring (bicyclic) bond motifs is 2. The van der Waals surface area contributed by atoms with Gasteiger partial charge in [-0.3, -0.25) is 24.7 Å². The molecule has 330 valence electrons. The quantitative estimate of drug-likeness (QED) is 0.106. The number of phenols is 1. The lowest BCUT2D eigenvalue weighted by molar-refractivity contribution is -0.135. The van der Waals surface area contributed by atoms with E-state index in [0.717, 1.165) is 94.0 Å². The number of rotatable bonds is 10. The number of amides is 2. The normalized spacial score (nSPS) is 26.1. The van der Waals surface area contributed by atoms with Crippen molar-refractivity contribution in [1.29, 1.82) is 0 Å². The van der Waals surface area contributed by atoms with Gasteiger partial charge in [0.1, 0.15) is 17.5 Å². The van der Waals surface area contributed by atoms with Crippen molar-refractivity contribution in [2.24, 2.45) is 11.8 Å². The van der Waals surface area contributed by atoms with Crippen LogP contribution in [0.5, 0.6) is 17.4 Å². The van der Waals surface area contributed by atoms with Crippen molar-refractivity contribution < 1.29 is 24.5 Å². The van der Waals surface area contributed by atoms with Gasteiger partial charge in [0.2, 0.25) is 11.8 Å². The van der Waals surface area contributed by atoms with Crippen LogP contribution in [0.15, 0.2) is 91.1 Å². The van der Waals surface area contributed by atoms with E-state index in [1.807, 2.05) is 24.4 Å². The summed E-state index contributed by atoms with van der Waals surface area (Å²) in [6.45, 7) is 9.30. The zero-order valence-corrected chi connectivity index (χ0v) is 36.6. The summed E-state index contributed by atoms with van der Waals surface area (Å²) >= 11 is 0. The Balaban J connectivity index is 0.793. The number of methoxy groups -OCH3 is 1. The Morgan fingerprint density at radius 3 is 2.24 bits per heavy atom. The number of benzene rings is 4. The van der Waals surface area contributed by atoms with E-state index < -0.39 is 6.04 Å². The third-order valence-corrected chi connectivity index (χ3v) is 15.3. The van der Waals surface area contributed by atoms with Crippen LogP contribution in [0.25, 0.3) is 10.8 Å². The minimum absolute atomic E-state index is 0.0756. The zero-order chi connectivity index (χ0) is 43.0. The fourth-order valence-electron chi connectivity index (χ4n) is 11.8. The third kappa shape index (κ3) is 8.55. The number of aromatic hydroxyl groups is 2. The maximum Gasteiger partial charge on any atom is 0.249 e. The smallest absolute Gasteiger partial charge is 0.249 e. The molecule has 10 rings (SSSR count). The number of aromatic nitrogens is 1. The molecular formula is C52H62N6O5. The van der Waals surface area contributed by atoms with Gasteiger partial charge in [-0.2, -0.15) is 0 Å². The number of nitrogens with one attached hydrogen (secondary N) is 2. The molecule has 3 saturated heterocycles. The summed E-state index contributed by atoms with van der Waals surface area (Å²) in [6, 6.07) is 30.1. The summed E-state index contributed by atoms with van der Waals surface area (Å²) in [5.41, 5.74) is 7.75. The lowest BCUT2D eigenvalue weighted by Crippen LogP contribution is -2.51. The first-order valence-corrected chi connectivity index (χ1v) is 23.4. The Bertz CT molecular complexity index is 2420. The molecule has 1 aromatic heterocycles. The van der Waals surface area contributed by atoms with E-state index in [9.17, 15) is 19.8 Å². The van der Waals surface area contributed by atoms with E-state index >= 15 is 0 Å². The first kappa shape index (κ1) is 41.6. The molecule has 11 heteroatoms. The highest BCUT2D eigenvalue weighted by atomic mass is 16.5. The Morgan fingerprint density at radius 2 is 1.48 bits per heavy atom. The van der Waals surface area contributed by atoms with Crippen LogP contribution in [0.3, 0.4) is 0 Å². The van der Waals surface area contributed by atoms with E-state index in [1.54, 1.807) is 11.7 Å². The van der Waals surface area contributed by atoms with Crippen molar-refractivity contribution >= 4 is 28.3 Å². The second kappa shape index (κ2) is 18.0. The van der Waals surface area contributed by atoms with Crippen LogP contribution in [-0.2, 0) is 16.0 Å². The lowest BCUT2D eigenvalue weighted by Gasteiger charge is -2.44. The number of ether oxygens (including phenoxy) is 1. The van der Waals surface area contributed by atoms with Gasteiger partial charge in [-0.05, 0) is 120 Å². The molecule has 0 radical (unpaired) electrons. The highest BCUT2D eigenvalue weighted by Crippen LogP contribution is 2.48. The molecule has 0 bridgehead atoms. The number of aryl methyl sites for hydroxylation is 1. The molecule has 4 fully saturated rings. The average Bonchev–Trinajstić information content (AvgIpc) is 3.64. The number of anilines is 1. The van der Waals surface area contributed by atoms with Gasteiger partial charge in [0, 0.05) is 99.9 Å². The van der Waals surface area contributed by atoms with Crippen LogP contribution in [0.2, 0.25) is 0 Å². The fourth-order valence-corrected chi connectivity index (χ4v) is 11.8. The van der Waals surface area contributed by atoms with E-state index in [-0.39, 0.29) is 30.0 Å². The molecule has 0 spiro atoms. The molecule has 11 nitrogen and oxygen atoms in total. The summed E-state index contributed by atoms with van der Waals surface area (Å²) in [4.78, 5) is 32.2. The molecular weight excluding hydrogens is 789 g/mol. The van der Waals surface area contributed by atoms with Crippen LogP contribution >= 0.6 is 0 Å². The monoisotopic (exact) mass is 850 g/mol. The van der Waals surface area contributed by atoms with Crippen molar-refractivity contribution in [3.8, 4) is 17.4 Å².